The van der Waals surface area contributed by atoms with Crippen LogP contribution in [0.5, 0.6) is 0 Å². The molecule has 0 fully saturated rings. The van der Waals surface area contributed by atoms with Crippen molar-refractivity contribution in [3.63, 3.8) is 0 Å². The van der Waals surface area contributed by atoms with E-state index in [1.54, 1.807) is 0 Å². The Kier molecular flexibility index (Phi) is 5.21. The van der Waals surface area contributed by atoms with Gasteiger partial charge in [-0.15, -0.1) is 0 Å². The van der Waals surface area contributed by atoms with Crippen LogP contribution in [0.1, 0.15) is 25.0 Å². The predicted molar refractivity (Wildman–Crippen MR) is 204 cm³/mol. The van der Waals surface area contributed by atoms with Crippen LogP contribution in [0, 0.1) is 0 Å². The predicted octanol–water partition coefficient (Wildman–Crippen LogP) is 13.4. The summed E-state index contributed by atoms with van der Waals surface area (Å²) in [5.74, 6) is 0. The molecule has 0 unspecified atom stereocenters. The van der Waals surface area contributed by atoms with Crippen molar-refractivity contribution < 1.29 is 8.83 Å². The van der Waals surface area contributed by atoms with E-state index in [9.17, 15) is 0 Å². The molecule has 0 aliphatic heterocycles. The standard InChI is InChI=1S/C47H30O2/c1-47(2)40-23-30(33-14-8-16-43-46(33)39-21-27-9-3-4-10-28(27)24-45(39)49-43)17-19-34(40)38-22-29-11-7-13-32(37(29)26-41(38)47)31-18-20-36-35-12-5-6-15-42(35)48-44(36)25-31/h3-26H,1-2H3. The molecule has 2 heterocycles. The third kappa shape index (κ3) is 3.72. The summed E-state index contributed by atoms with van der Waals surface area (Å²) in [4.78, 5) is 0. The van der Waals surface area contributed by atoms with Gasteiger partial charge >= 0.3 is 0 Å². The Bertz CT molecular complexity index is 3020. The van der Waals surface area contributed by atoms with Crippen molar-refractivity contribution in [2.24, 2.45) is 0 Å². The van der Waals surface area contributed by atoms with Gasteiger partial charge in [-0.1, -0.05) is 105 Å². The minimum Gasteiger partial charge on any atom is -0.456 e. The lowest BCUT2D eigenvalue weighted by Crippen LogP contribution is -2.15. The molecular formula is C47H30O2. The molecule has 0 amide bonds. The monoisotopic (exact) mass is 626 g/mol. The summed E-state index contributed by atoms with van der Waals surface area (Å²) in [6, 6.07) is 52.9. The molecule has 10 aromatic rings. The molecule has 0 N–H and O–H groups in total. The molecule has 11 rings (SSSR count). The van der Waals surface area contributed by atoms with Crippen LogP contribution in [0.15, 0.2) is 154 Å². The first-order chi connectivity index (χ1) is 24.0. The van der Waals surface area contributed by atoms with E-state index in [-0.39, 0.29) is 5.41 Å². The number of hydrogen-bond acceptors (Lipinski definition) is 2. The number of para-hydroxylation sites is 1. The van der Waals surface area contributed by atoms with E-state index in [2.05, 4.69) is 147 Å². The third-order valence-corrected chi connectivity index (χ3v) is 11.0. The maximum Gasteiger partial charge on any atom is 0.136 e. The molecule has 1 aliphatic carbocycles. The summed E-state index contributed by atoms with van der Waals surface area (Å²) in [6.07, 6.45) is 0. The molecule has 0 saturated carbocycles. The zero-order chi connectivity index (χ0) is 32.4. The fraction of sp³-hybridized carbons (Fsp3) is 0.0638. The molecule has 230 valence electrons. The maximum atomic E-state index is 6.43. The largest absolute Gasteiger partial charge is 0.456 e. The molecule has 49 heavy (non-hydrogen) atoms. The quantitative estimate of drug-likeness (QED) is 0.191. The van der Waals surface area contributed by atoms with Gasteiger partial charge < -0.3 is 8.83 Å². The topological polar surface area (TPSA) is 26.3 Å². The van der Waals surface area contributed by atoms with Crippen LogP contribution in [-0.2, 0) is 5.41 Å². The highest BCUT2D eigenvalue weighted by Crippen LogP contribution is 2.52. The molecule has 0 spiro atoms. The molecule has 2 heteroatoms. The van der Waals surface area contributed by atoms with E-state index in [1.165, 1.54) is 71.4 Å². The van der Waals surface area contributed by atoms with Gasteiger partial charge in [0.2, 0.25) is 0 Å². The Hall–Kier alpha value is -6.12. The molecule has 2 nitrogen and oxygen atoms in total. The average molecular weight is 627 g/mol. The minimum absolute atomic E-state index is 0.173. The van der Waals surface area contributed by atoms with E-state index in [0.29, 0.717) is 0 Å². The normalized spacial score (nSPS) is 13.7. The Morgan fingerprint density at radius 3 is 1.94 bits per heavy atom. The second-order valence-corrected chi connectivity index (χ2v) is 14.1. The van der Waals surface area contributed by atoms with Crippen LogP contribution < -0.4 is 0 Å². The Morgan fingerprint density at radius 1 is 0.367 bits per heavy atom. The van der Waals surface area contributed by atoms with Crippen molar-refractivity contribution in [3.8, 4) is 33.4 Å². The SMILES string of the molecule is CC1(C)c2cc(-c3cccc4oc5cc6ccccc6cc5c34)ccc2-c2cc3cccc(-c4ccc5c(c4)oc4ccccc45)c3cc21. The fourth-order valence-electron chi connectivity index (χ4n) is 8.57. The van der Waals surface area contributed by atoms with E-state index in [0.717, 1.165) is 38.5 Å². The van der Waals surface area contributed by atoms with Gasteiger partial charge in [0.05, 0.1) is 0 Å². The first kappa shape index (κ1) is 26.9. The van der Waals surface area contributed by atoms with Gasteiger partial charge in [-0.05, 0) is 121 Å². The van der Waals surface area contributed by atoms with E-state index in [1.807, 2.05) is 12.1 Å². The van der Waals surface area contributed by atoms with E-state index < -0.39 is 0 Å². The van der Waals surface area contributed by atoms with Crippen LogP contribution in [0.4, 0.5) is 0 Å². The van der Waals surface area contributed by atoms with Gasteiger partial charge in [0, 0.05) is 27.0 Å². The second-order valence-electron chi connectivity index (χ2n) is 14.1. The molecule has 0 radical (unpaired) electrons. The summed E-state index contributed by atoms with van der Waals surface area (Å²) in [6.45, 7) is 4.74. The van der Waals surface area contributed by atoms with Crippen molar-refractivity contribution >= 4 is 65.4 Å². The van der Waals surface area contributed by atoms with Crippen LogP contribution in [0.2, 0.25) is 0 Å². The number of fused-ring (bicyclic) bond motifs is 11. The zero-order valence-electron chi connectivity index (χ0n) is 27.2. The summed E-state index contributed by atoms with van der Waals surface area (Å²) in [5, 5.41) is 9.57. The van der Waals surface area contributed by atoms with Gasteiger partial charge in [0.25, 0.3) is 0 Å². The number of rotatable bonds is 2. The Balaban J connectivity index is 1.06. The molecule has 8 aromatic carbocycles. The maximum absolute atomic E-state index is 6.43. The van der Waals surface area contributed by atoms with Crippen molar-refractivity contribution in [1.82, 2.24) is 0 Å². The lowest BCUT2D eigenvalue weighted by atomic mass is 9.80. The highest BCUT2D eigenvalue weighted by molar-refractivity contribution is 6.16. The summed E-state index contributed by atoms with van der Waals surface area (Å²) < 4.78 is 12.7. The molecule has 0 atom stereocenters. The van der Waals surface area contributed by atoms with Gasteiger partial charge in [0.15, 0.2) is 0 Å². The highest BCUT2D eigenvalue weighted by Gasteiger charge is 2.36. The Labute approximate surface area is 282 Å². The van der Waals surface area contributed by atoms with Crippen molar-refractivity contribution in [2.45, 2.75) is 19.3 Å². The van der Waals surface area contributed by atoms with Crippen molar-refractivity contribution in [2.75, 3.05) is 0 Å². The number of hydrogen-bond donors (Lipinski definition) is 0. The van der Waals surface area contributed by atoms with Gasteiger partial charge in [-0.2, -0.15) is 0 Å². The first-order valence-corrected chi connectivity index (χ1v) is 17.0. The summed E-state index contributed by atoms with van der Waals surface area (Å²) >= 11 is 0. The highest BCUT2D eigenvalue weighted by atomic mass is 16.3. The first-order valence-electron chi connectivity index (χ1n) is 17.0. The molecule has 2 aromatic heterocycles. The Morgan fingerprint density at radius 2 is 1.02 bits per heavy atom. The van der Waals surface area contributed by atoms with Crippen LogP contribution in [0.25, 0.3) is 98.8 Å². The molecule has 1 aliphatic rings. The zero-order valence-corrected chi connectivity index (χ0v) is 27.2. The smallest absolute Gasteiger partial charge is 0.136 e. The van der Waals surface area contributed by atoms with Crippen LogP contribution >= 0.6 is 0 Å². The van der Waals surface area contributed by atoms with Crippen molar-refractivity contribution in [3.05, 3.63) is 157 Å². The average Bonchev–Trinajstić information content (AvgIpc) is 3.76. The fourth-order valence-corrected chi connectivity index (χ4v) is 8.57. The lowest BCUT2D eigenvalue weighted by Gasteiger charge is -2.23. The minimum atomic E-state index is -0.173. The number of furan rings is 2. The lowest BCUT2D eigenvalue weighted by molar-refractivity contribution is 0.661. The van der Waals surface area contributed by atoms with Gasteiger partial charge in [-0.25, -0.2) is 0 Å². The van der Waals surface area contributed by atoms with Crippen molar-refractivity contribution in [1.29, 1.82) is 0 Å². The van der Waals surface area contributed by atoms with Gasteiger partial charge in [-0.3, -0.25) is 0 Å². The second kappa shape index (κ2) is 9.49. The van der Waals surface area contributed by atoms with Gasteiger partial charge in [0.1, 0.15) is 22.3 Å². The van der Waals surface area contributed by atoms with Crippen LogP contribution in [-0.4, -0.2) is 0 Å². The number of benzene rings is 8. The summed E-state index contributed by atoms with van der Waals surface area (Å²) in [5.41, 5.74) is 13.7. The third-order valence-electron chi connectivity index (χ3n) is 11.0. The molecule has 0 saturated heterocycles. The molecular weight excluding hydrogens is 597 g/mol. The summed E-state index contributed by atoms with van der Waals surface area (Å²) in [7, 11) is 0. The van der Waals surface area contributed by atoms with Crippen LogP contribution in [0.3, 0.4) is 0 Å². The molecule has 0 bridgehead atoms. The van der Waals surface area contributed by atoms with E-state index in [4.69, 9.17) is 8.83 Å². The van der Waals surface area contributed by atoms with E-state index >= 15 is 0 Å².